The van der Waals surface area contributed by atoms with Crippen molar-refractivity contribution in [3.8, 4) is 0 Å². The van der Waals surface area contributed by atoms with Crippen LogP contribution in [0.3, 0.4) is 0 Å². The molecule has 1 heterocycles. The fraction of sp³-hybridized carbons (Fsp3) is 0.733. The Morgan fingerprint density at radius 1 is 1.17 bits per heavy atom. The number of nitrogens with zero attached hydrogens (tertiary/aromatic N) is 1. The predicted octanol–water partition coefficient (Wildman–Crippen LogP) is -0.913. The largest absolute Gasteiger partial charge is 0.344 e. The van der Waals surface area contributed by atoms with Crippen LogP contribution in [-0.2, 0) is 19.2 Å². The van der Waals surface area contributed by atoms with Gasteiger partial charge in [-0.15, -0.1) is 0 Å². The van der Waals surface area contributed by atoms with E-state index < -0.39 is 23.8 Å². The highest BCUT2D eigenvalue weighted by molar-refractivity contribution is 7.15. The van der Waals surface area contributed by atoms with Crippen molar-refractivity contribution in [3.63, 3.8) is 0 Å². The molecule has 2 aliphatic rings. The third-order valence-electron chi connectivity index (χ3n) is 4.83. The monoisotopic (exact) mass is 356 g/mol. The lowest BCUT2D eigenvalue weighted by atomic mass is 9.80. The Morgan fingerprint density at radius 2 is 1.88 bits per heavy atom. The van der Waals surface area contributed by atoms with Crippen molar-refractivity contribution < 1.29 is 19.2 Å². The molecule has 0 bridgehead atoms. The zero-order valence-corrected chi connectivity index (χ0v) is 14.8. The second-order valence-electron chi connectivity index (χ2n) is 6.38. The maximum atomic E-state index is 12.6. The fourth-order valence-electron chi connectivity index (χ4n) is 3.25. The van der Waals surface area contributed by atoms with E-state index in [1.54, 1.807) is 0 Å². The topological polar surface area (TPSA) is 122 Å². The third-order valence-corrected chi connectivity index (χ3v) is 5.09. The first-order valence-electron chi connectivity index (χ1n) is 8.32. The Bertz CT molecular complexity index is 524. The Labute approximate surface area is 143 Å². The van der Waals surface area contributed by atoms with Crippen molar-refractivity contribution >= 4 is 32.9 Å². The van der Waals surface area contributed by atoms with Crippen molar-refractivity contribution in [2.45, 2.75) is 50.6 Å². The minimum atomic E-state index is -0.848. The summed E-state index contributed by atoms with van der Waals surface area (Å²) in [6.45, 7) is 0.338. The van der Waals surface area contributed by atoms with Gasteiger partial charge >= 0.3 is 0 Å². The van der Waals surface area contributed by atoms with Gasteiger partial charge in [0, 0.05) is 6.54 Å². The highest BCUT2D eigenvalue weighted by Gasteiger charge is 2.37. The van der Waals surface area contributed by atoms with Crippen LogP contribution < -0.4 is 16.1 Å². The second kappa shape index (κ2) is 8.53. The smallest absolute Gasteiger partial charge is 0.292 e. The van der Waals surface area contributed by atoms with Crippen molar-refractivity contribution in [1.29, 1.82) is 0 Å². The van der Waals surface area contributed by atoms with Crippen LogP contribution in [-0.4, -0.2) is 53.6 Å². The van der Waals surface area contributed by atoms with Crippen LogP contribution >= 0.6 is 9.39 Å². The molecule has 8 nitrogen and oxygen atoms in total. The number of hydrogen-bond donors (Lipinski definition) is 3. The molecule has 1 saturated heterocycles. The molecule has 0 aromatic rings. The molecule has 3 unspecified atom stereocenters. The number of carbonyl (C=O) groups excluding carboxylic acids is 4. The van der Waals surface area contributed by atoms with Crippen LogP contribution in [0.1, 0.15) is 38.5 Å². The van der Waals surface area contributed by atoms with Crippen LogP contribution in [0.25, 0.3) is 0 Å². The average Bonchev–Trinajstić information content (AvgIpc) is 3.04. The van der Waals surface area contributed by atoms with Gasteiger partial charge in [0.2, 0.25) is 17.6 Å². The third kappa shape index (κ3) is 4.30. The minimum absolute atomic E-state index is 0.149. The normalized spacial score (nSPS) is 21.8. The SMILES string of the molecule is NCC(=O)N1CCCC1C(=O)NC(CC1CCC1)C(=O)C(=O)NP. The van der Waals surface area contributed by atoms with Crippen LogP contribution in [0.2, 0.25) is 0 Å². The number of carbonyl (C=O) groups is 4. The summed E-state index contributed by atoms with van der Waals surface area (Å²) in [6.07, 6.45) is 4.83. The number of rotatable bonds is 7. The van der Waals surface area contributed by atoms with Crippen LogP contribution in [0.5, 0.6) is 0 Å². The van der Waals surface area contributed by atoms with Crippen molar-refractivity contribution in [2.75, 3.05) is 13.1 Å². The molecule has 9 heteroatoms. The second-order valence-corrected chi connectivity index (χ2v) is 6.67. The predicted molar refractivity (Wildman–Crippen MR) is 90.5 cm³/mol. The van der Waals surface area contributed by atoms with E-state index in [1.165, 1.54) is 4.90 Å². The number of likely N-dealkylation sites (tertiary alicyclic amines) is 1. The summed E-state index contributed by atoms with van der Waals surface area (Å²) in [5.41, 5.74) is 5.38. The van der Waals surface area contributed by atoms with Gasteiger partial charge in [0.25, 0.3) is 5.91 Å². The average molecular weight is 356 g/mol. The van der Waals surface area contributed by atoms with Gasteiger partial charge in [-0.25, -0.2) is 0 Å². The van der Waals surface area contributed by atoms with Gasteiger partial charge in [-0.2, -0.15) is 0 Å². The molecule has 3 atom stereocenters. The molecule has 1 aliphatic heterocycles. The van der Waals surface area contributed by atoms with E-state index in [-0.39, 0.29) is 18.4 Å². The molecule has 0 aromatic heterocycles. The molecule has 24 heavy (non-hydrogen) atoms. The zero-order valence-electron chi connectivity index (χ0n) is 13.6. The highest BCUT2D eigenvalue weighted by Crippen LogP contribution is 2.31. The summed E-state index contributed by atoms with van der Waals surface area (Å²) in [7, 11) is 2.00. The van der Waals surface area contributed by atoms with Gasteiger partial charge in [0.1, 0.15) is 6.04 Å². The molecule has 3 amide bonds. The highest BCUT2D eigenvalue weighted by atomic mass is 31.0. The summed E-state index contributed by atoms with van der Waals surface area (Å²) < 4.78 is 0. The van der Waals surface area contributed by atoms with Gasteiger partial charge < -0.3 is 21.0 Å². The Balaban J connectivity index is 2.03. The van der Waals surface area contributed by atoms with Gasteiger partial charge in [-0.1, -0.05) is 19.3 Å². The molecule has 0 aromatic carbocycles. The first-order chi connectivity index (χ1) is 11.5. The number of amides is 3. The molecule has 1 saturated carbocycles. The molecular weight excluding hydrogens is 331 g/mol. The lowest BCUT2D eigenvalue weighted by Crippen LogP contribution is -2.54. The zero-order chi connectivity index (χ0) is 17.7. The van der Waals surface area contributed by atoms with Crippen molar-refractivity contribution in [1.82, 2.24) is 15.3 Å². The Kier molecular flexibility index (Phi) is 6.69. The molecule has 2 rings (SSSR count). The Morgan fingerprint density at radius 3 is 2.42 bits per heavy atom. The van der Waals surface area contributed by atoms with E-state index in [0.29, 0.717) is 25.3 Å². The first-order valence-corrected chi connectivity index (χ1v) is 8.90. The molecular formula is C15H25N4O4P. The summed E-state index contributed by atoms with van der Waals surface area (Å²) in [4.78, 5) is 49.7. The maximum Gasteiger partial charge on any atom is 0.292 e. The Hall–Kier alpha value is -1.53. The van der Waals surface area contributed by atoms with Crippen molar-refractivity contribution in [2.24, 2.45) is 11.7 Å². The standard InChI is InChI=1S/C15H25N4O4P/c16-8-12(20)19-6-2-5-11(19)14(22)17-10(7-9-3-1-4-9)13(21)15(23)18-24/h9-11H,1-8,16,24H2,(H,17,22)(H,18,23). The van der Waals surface area contributed by atoms with E-state index in [1.807, 2.05) is 9.39 Å². The molecule has 0 spiro atoms. The summed E-state index contributed by atoms with van der Waals surface area (Å²) in [5.74, 6) is -1.71. The molecule has 1 aliphatic carbocycles. The van der Waals surface area contributed by atoms with Crippen LogP contribution in [0.15, 0.2) is 0 Å². The van der Waals surface area contributed by atoms with E-state index in [2.05, 4.69) is 10.4 Å². The van der Waals surface area contributed by atoms with E-state index in [0.717, 1.165) is 25.7 Å². The summed E-state index contributed by atoms with van der Waals surface area (Å²) in [6, 6.07) is -1.46. The maximum absolute atomic E-state index is 12.6. The van der Waals surface area contributed by atoms with Gasteiger partial charge in [0.15, 0.2) is 0 Å². The minimum Gasteiger partial charge on any atom is -0.344 e. The van der Waals surface area contributed by atoms with Crippen LogP contribution in [0.4, 0.5) is 0 Å². The van der Waals surface area contributed by atoms with E-state index >= 15 is 0 Å². The van der Waals surface area contributed by atoms with Gasteiger partial charge in [-0.3, -0.25) is 19.2 Å². The number of nitrogens with one attached hydrogen (secondary N) is 2. The van der Waals surface area contributed by atoms with Crippen molar-refractivity contribution in [3.05, 3.63) is 0 Å². The van der Waals surface area contributed by atoms with Gasteiger partial charge in [-0.05, 0) is 34.6 Å². The summed E-state index contributed by atoms with van der Waals surface area (Å²) in [5, 5.41) is 4.92. The lowest BCUT2D eigenvalue weighted by molar-refractivity contribution is -0.141. The quantitative estimate of drug-likeness (QED) is 0.403. The van der Waals surface area contributed by atoms with E-state index in [9.17, 15) is 19.2 Å². The summed E-state index contributed by atoms with van der Waals surface area (Å²) >= 11 is 0. The molecule has 4 N–H and O–H groups in total. The molecule has 2 fully saturated rings. The lowest BCUT2D eigenvalue weighted by Gasteiger charge is -2.30. The first kappa shape index (κ1) is 18.8. The number of Topliss-reactive ketones (excluding diaryl/α,β-unsaturated/α-hetero) is 1. The molecule has 134 valence electrons. The fourth-order valence-corrected chi connectivity index (χ4v) is 3.39. The van der Waals surface area contributed by atoms with Crippen LogP contribution in [0, 0.1) is 5.92 Å². The number of ketones is 1. The van der Waals surface area contributed by atoms with Gasteiger partial charge in [0.05, 0.1) is 12.6 Å². The number of hydrogen-bond acceptors (Lipinski definition) is 5. The molecule has 0 radical (unpaired) electrons. The van der Waals surface area contributed by atoms with E-state index in [4.69, 9.17) is 5.73 Å². The number of nitrogens with two attached hydrogens (primary N) is 1.